The first-order valence-electron chi connectivity index (χ1n) is 3.92. The molecule has 0 aromatic heterocycles. The fourth-order valence-electron chi connectivity index (χ4n) is 1.13. The second kappa shape index (κ2) is 2.94. The van der Waals surface area contributed by atoms with E-state index >= 15 is 0 Å². The molecule has 65 valence electrons. The number of rotatable bonds is 0. The fourth-order valence-corrected chi connectivity index (χ4v) is 1.32. The Kier molecular flexibility index (Phi) is 2.29. The minimum absolute atomic E-state index is 0.0428. The maximum absolute atomic E-state index is 9.63. The number of para-hydroxylation sites is 1. The smallest absolute Gasteiger partial charge is 0.137 e. The zero-order valence-electron chi connectivity index (χ0n) is 7.59. The van der Waals surface area contributed by atoms with Crippen molar-refractivity contribution in [3.8, 4) is 5.75 Å². The van der Waals surface area contributed by atoms with Gasteiger partial charge in [-0.05, 0) is 11.5 Å². The first-order chi connectivity index (χ1) is 5.43. The van der Waals surface area contributed by atoms with E-state index in [0.717, 1.165) is 5.56 Å². The van der Waals surface area contributed by atoms with Gasteiger partial charge in [-0.1, -0.05) is 45.5 Å². The van der Waals surface area contributed by atoms with Crippen LogP contribution >= 0.6 is 12.6 Å². The molecule has 1 radical (unpaired) electrons. The predicted molar refractivity (Wildman–Crippen MR) is 52.7 cm³/mol. The largest absolute Gasteiger partial charge is 0.506 e. The highest BCUT2D eigenvalue weighted by atomic mass is 32.1. The van der Waals surface area contributed by atoms with Crippen LogP contribution in [0.3, 0.4) is 0 Å². The van der Waals surface area contributed by atoms with Crippen LogP contribution in [-0.4, -0.2) is 5.11 Å². The molecule has 0 aliphatic carbocycles. The maximum Gasteiger partial charge on any atom is 0.137 e. The number of benzene rings is 1. The van der Waals surface area contributed by atoms with Crippen molar-refractivity contribution in [2.75, 3.05) is 0 Å². The van der Waals surface area contributed by atoms with Crippen LogP contribution in [0.1, 0.15) is 26.3 Å². The molecule has 0 saturated heterocycles. The first kappa shape index (κ1) is 9.33. The van der Waals surface area contributed by atoms with Crippen LogP contribution in [0.4, 0.5) is 0 Å². The van der Waals surface area contributed by atoms with Crippen LogP contribution in [0.5, 0.6) is 5.75 Å². The normalized spacial score (nSPS) is 11.6. The number of phenolic OH excluding ortho intramolecular Hbond substituents is 1. The van der Waals surface area contributed by atoms with Crippen LogP contribution in [0.25, 0.3) is 0 Å². The Labute approximate surface area is 78.8 Å². The van der Waals surface area contributed by atoms with Crippen molar-refractivity contribution in [3.63, 3.8) is 0 Å². The highest BCUT2D eigenvalue weighted by Gasteiger charge is 2.18. The van der Waals surface area contributed by atoms with E-state index in [1.54, 1.807) is 6.07 Å². The van der Waals surface area contributed by atoms with Crippen molar-refractivity contribution >= 4 is 12.6 Å². The molecule has 0 amide bonds. The molecule has 0 aliphatic rings. The van der Waals surface area contributed by atoms with Gasteiger partial charge in [0.2, 0.25) is 0 Å². The first-order valence-corrected chi connectivity index (χ1v) is 4.33. The third-order valence-corrected chi connectivity index (χ3v) is 2.14. The van der Waals surface area contributed by atoms with Crippen LogP contribution in [-0.2, 0) is 5.41 Å². The minimum atomic E-state index is -0.0428. The molecule has 12 heavy (non-hydrogen) atoms. The molecule has 0 bridgehead atoms. The van der Waals surface area contributed by atoms with Gasteiger partial charge in [0.1, 0.15) is 5.75 Å². The van der Waals surface area contributed by atoms with Gasteiger partial charge in [0, 0.05) is 5.56 Å². The molecule has 0 spiro atoms. The average molecular weight is 181 g/mol. The molecule has 0 heterocycles. The van der Waals surface area contributed by atoms with Crippen molar-refractivity contribution in [1.82, 2.24) is 0 Å². The van der Waals surface area contributed by atoms with E-state index < -0.39 is 0 Å². The molecule has 0 fully saturated rings. The number of phenols is 1. The topological polar surface area (TPSA) is 20.2 Å². The van der Waals surface area contributed by atoms with E-state index in [1.165, 1.54) is 0 Å². The third kappa shape index (κ3) is 1.69. The lowest BCUT2D eigenvalue weighted by atomic mass is 9.86. The summed E-state index contributed by atoms with van der Waals surface area (Å²) >= 11 is 4.96. The maximum atomic E-state index is 9.63. The lowest BCUT2D eigenvalue weighted by Crippen LogP contribution is -2.11. The van der Waals surface area contributed by atoms with Gasteiger partial charge in [0.15, 0.2) is 0 Å². The molecule has 0 aliphatic heterocycles. The lowest BCUT2D eigenvalue weighted by molar-refractivity contribution is 0.435. The molecule has 1 N–H and O–H groups in total. The molecule has 2 heteroatoms. The van der Waals surface area contributed by atoms with E-state index in [1.807, 2.05) is 12.1 Å². The van der Waals surface area contributed by atoms with Crippen LogP contribution in [0, 0.1) is 0 Å². The van der Waals surface area contributed by atoms with Crippen LogP contribution in [0.15, 0.2) is 23.1 Å². The van der Waals surface area contributed by atoms with E-state index in [9.17, 15) is 5.11 Å². The molecule has 1 aromatic rings. The van der Waals surface area contributed by atoms with Crippen LogP contribution < -0.4 is 0 Å². The van der Waals surface area contributed by atoms with Gasteiger partial charge in [-0.3, -0.25) is 0 Å². The Morgan fingerprint density at radius 3 is 2.25 bits per heavy atom. The van der Waals surface area contributed by atoms with Gasteiger partial charge in [-0.2, -0.15) is 0 Å². The lowest BCUT2D eigenvalue weighted by Gasteiger charge is -2.20. The summed E-state index contributed by atoms with van der Waals surface area (Å²) in [4.78, 5) is 0.530. The second-order valence-electron chi connectivity index (χ2n) is 3.90. The summed E-state index contributed by atoms with van der Waals surface area (Å²) in [5.74, 6) is 0.250. The Morgan fingerprint density at radius 2 is 1.83 bits per heavy atom. The standard InChI is InChI=1S/C10H13OS/c1-10(2,3)7-5-4-6-8(12)9(7)11/h4-6,11H,1-3H3. The summed E-state index contributed by atoms with van der Waals surface area (Å²) in [5, 5.41) is 9.63. The highest BCUT2D eigenvalue weighted by Crippen LogP contribution is 2.34. The summed E-state index contributed by atoms with van der Waals surface area (Å²) in [6, 6.07) is 5.52. The number of hydrogen-bond donors (Lipinski definition) is 1. The highest BCUT2D eigenvalue weighted by molar-refractivity contribution is 7.80. The molecule has 0 unspecified atom stereocenters. The molecule has 1 aromatic carbocycles. The van der Waals surface area contributed by atoms with Crippen LogP contribution in [0.2, 0.25) is 0 Å². The van der Waals surface area contributed by atoms with Crippen molar-refractivity contribution in [1.29, 1.82) is 0 Å². The second-order valence-corrected chi connectivity index (χ2v) is 4.34. The SMILES string of the molecule is CC(C)(C)c1cccc([S])c1O. The summed E-state index contributed by atoms with van der Waals surface area (Å²) in [6.45, 7) is 6.16. The summed E-state index contributed by atoms with van der Waals surface area (Å²) in [5.41, 5.74) is 0.869. The Hall–Kier alpha value is -0.760. The summed E-state index contributed by atoms with van der Waals surface area (Å²) in [7, 11) is 0. The van der Waals surface area contributed by atoms with Crippen molar-refractivity contribution in [2.45, 2.75) is 31.1 Å². The minimum Gasteiger partial charge on any atom is -0.506 e. The predicted octanol–water partition coefficient (Wildman–Crippen LogP) is 3.25. The van der Waals surface area contributed by atoms with Crippen molar-refractivity contribution in [2.24, 2.45) is 0 Å². The Balaban J connectivity index is 3.26. The van der Waals surface area contributed by atoms with E-state index in [2.05, 4.69) is 20.8 Å². The molecule has 1 nitrogen and oxygen atoms in total. The van der Waals surface area contributed by atoms with Gasteiger partial charge >= 0.3 is 0 Å². The van der Waals surface area contributed by atoms with Crippen molar-refractivity contribution < 1.29 is 5.11 Å². The number of aromatic hydroxyl groups is 1. The van der Waals surface area contributed by atoms with E-state index in [-0.39, 0.29) is 11.2 Å². The third-order valence-electron chi connectivity index (χ3n) is 1.81. The van der Waals surface area contributed by atoms with Gasteiger partial charge in [0.25, 0.3) is 0 Å². The van der Waals surface area contributed by atoms with Gasteiger partial charge in [-0.25, -0.2) is 0 Å². The summed E-state index contributed by atoms with van der Waals surface area (Å²) < 4.78 is 0. The molecule has 1 rings (SSSR count). The quantitative estimate of drug-likeness (QED) is 0.651. The fraction of sp³-hybridized carbons (Fsp3) is 0.400. The van der Waals surface area contributed by atoms with Crippen molar-refractivity contribution in [3.05, 3.63) is 23.8 Å². The summed E-state index contributed by atoms with van der Waals surface area (Å²) in [6.07, 6.45) is 0. The molecular weight excluding hydrogens is 168 g/mol. The Bertz CT molecular complexity index is 286. The molecule has 0 atom stereocenters. The monoisotopic (exact) mass is 181 g/mol. The number of hydrogen-bond acceptors (Lipinski definition) is 1. The molecular formula is C10H13OS. The zero-order chi connectivity index (χ0) is 9.35. The molecule has 0 saturated carbocycles. The van der Waals surface area contributed by atoms with E-state index in [0.29, 0.717) is 4.90 Å². The average Bonchev–Trinajstić information content (AvgIpc) is 1.92. The zero-order valence-corrected chi connectivity index (χ0v) is 8.40. The van der Waals surface area contributed by atoms with E-state index in [4.69, 9.17) is 12.6 Å². The van der Waals surface area contributed by atoms with Gasteiger partial charge in [0.05, 0.1) is 4.90 Å². The van der Waals surface area contributed by atoms with Gasteiger partial charge < -0.3 is 5.11 Å². The Morgan fingerprint density at radius 1 is 1.25 bits per heavy atom. The van der Waals surface area contributed by atoms with Gasteiger partial charge in [-0.15, -0.1) is 0 Å².